The Morgan fingerprint density at radius 3 is 2.48 bits per heavy atom. The van der Waals surface area contributed by atoms with Crippen LogP contribution in [0.1, 0.15) is 51.2 Å². The molecule has 4 heteroatoms. The molecular weight excluding hydrogens is 358 g/mol. The molecule has 29 heavy (non-hydrogen) atoms. The summed E-state index contributed by atoms with van der Waals surface area (Å²) in [5.74, 6) is 0.271. The van der Waals surface area contributed by atoms with E-state index in [1.807, 2.05) is 29.7 Å². The Bertz CT molecular complexity index is 1110. The largest absolute Gasteiger partial charge is 0.398 e. The van der Waals surface area contributed by atoms with E-state index >= 15 is 0 Å². The van der Waals surface area contributed by atoms with Gasteiger partial charge in [0.05, 0.1) is 5.52 Å². The van der Waals surface area contributed by atoms with Crippen molar-refractivity contribution in [2.24, 2.45) is 0 Å². The number of anilines is 2. The molecule has 4 nitrogen and oxygen atoms in total. The highest BCUT2D eigenvalue weighted by atomic mass is 16.1. The molecule has 0 radical (unpaired) electrons. The number of pyridine rings is 1. The van der Waals surface area contributed by atoms with Crippen molar-refractivity contribution in [1.82, 2.24) is 4.57 Å². The molecule has 1 heterocycles. The van der Waals surface area contributed by atoms with Crippen molar-refractivity contribution in [3.8, 4) is 0 Å². The topological polar surface area (TPSA) is 51.3 Å². The SMILES string of the molecule is CC/C=C(\c1ccccc1N)N(C)c1ccc2c(c1)c(C(C)C)cc(=O)n2CC. The number of nitrogen functional groups attached to an aromatic ring is 1. The minimum Gasteiger partial charge on any atom is -0.398 e. The zero-order chi connectivity index (χ0) is 21.1. The zero-order valence-corrected chi connectivity index (χ0v) is 18.1. The molecule has 0 fully saturated rings. The zero-order valence-electron chi connectivity index (χ0n) is 18.1. The highest BCUT2D eigenvalue weighted by molar-refractivity contribution is 5.90. The number of para-hydroxylation sites is 1. The maximum atomic E-state index is 12.6. The van der Waals surface area contributed by atoms with Crippen LogP contribution in [-0.2, 0) is 6.54 Å². The number of rotatable bonds is 6. The summed E-state index contributed by atoms with van der Waals surface area (Å²) < 4.78 is 1.84. The molecule has 0 saturated carbocycles. The van der Waals surface area contributed by atoms with Crippen LogP contribution >= 0.6 is 0 Å². The highest BCUT2D eigenvalue weighted by Crippen LogP contribution is 2.32. The summed E-state index contributed by atoms with van der Waals surface area (Å²) in [6.07, 6.45) is 3.11. The van der Waals surface area contributed by atoms with Crippen LogP contribution in [0.15, 0.2) is 59.4 Å². The summed E-state index contributed by atoms with van der Waals surface area (Å²) in [5, 5.41) is 1.13. The molecule has 2 aromatic carbocycles. The molecule has 0 saturated heterocycles. The van der Waals surface area contributed by atoms with Crippen LogP contribution in [0.5, 0.6) is 0 Å². The minimum atomic E-state index is 0.0634. The molecule has 152 valence electrons. The number of hydrogen-bond acceptors (Lipinski definition) is 3. The van der Waals surface area contributed by atoms with E-state index in [1.165, 1.54) is 0 Å². The third-order valence-electron chi connectivity index (χ3n) is 5.45. The van der Waals surface area contributed by atoms with E-state index in [9.17, 15) is 4.79 Å². The van der Waals surface area contributed by atoms with Gasteiger partial charge in [-0.15, -0.1) is 0 Å². The lowest BCUT2D eigenvalue weighted by molar-refractivity contribution is 0.751. The molecule has 3 rings (SSSR count). The summed E-state index contributed by atoms with van der Waals surface area (Å²) in [7, 11) is 2.07. The highest BCUT2D eigenvalue weighted by Gasteiger charge is 2.16. The van der Waals surface area contributed by atoms with E-state index in [-0.39, 0.29) is 11.5 Å². The number of aromatic nitrogens is 1. The van der Waals surface area contributed by atoms with E-state index in [1.54, 1.807) is 6.07 Å². The molecule has 0 aliphatic heterocycles. The van der Waals surface area contributed by atoms with E-state index in [0.29, 0.717) is 6.54 Å². The van der Waals surface area contributed by atoms with Gasteiger partial charge >= 0.3 is 0 Å². The normalized spacial score (nSPS) is 12.0. The molecule has 0 spiro atoms. The van der Waals surface area contributed by atoms with E-state index in [2.05, 4.69) is 63.1 Å². The standard InChI is InChI=1S/C25H31N3O/c1-6-10-23(19-11-8-9-12-22(19)26)27(5)18-13-14-24-21(15-18)20(17(3)4)16-25(29)28(24)7-2/h8-17H,6-7,26H2,1-5H3/b23-10+. The lowest BCUT2D eigenvalue weighted by Gasteiger charge is -2.25. The summed E-state index contributed by atoms with van der Waals surface area (Å²) in [6.45, 7) is 9.06. The fourth-order valence-corrected chi connectivity index (χ4v) is 3.90. The molecule has 3 aromatic rings. The van der Waals surface area contributed by atoms with Gasteiger partial charge in [0, 0.05) is 47.7 Å². The summed E-state index contributed by atoms with van der Waals surface area (Å²) in [6, 6.07) is 16.1. The van der Waals surface area contributed by atoms with Crippen molar-refractivity contribution in [1.29, 1.82) is 0 Å². The molecule has 0 atom stereocenters. The Morgan fingerprint density at radius 1 is 1.14 bits per heavy atom. The fourth-order valence-electron chi connectivity index (χ4n) is 3.90. The van der Waals surface area contributed by atoms with E-state index < -0.39 is 0 Å². The summed E-state index contributed by atoms with van der Waals surface area (Å²) in [4.78, 5) is 14.7. The molecular formula is C25H31N3O. The van der Waals surface area contributed by atoms with Crippen LogP contribution in [0.25, 0.3) is 16.6 Å². The van der Waals surface area contributed by atoms with Gasteiger partial charge in [0.15, 0.2) is 0 Å². The van der Waals surface area contributed by atoms with Gasteiger partial charge in [-0.05, 0) is 49.1 Å². The van der Waals surface area contributed by atoms with Crippen LogP contribution in [-0.4, -0.2) is 11.6 Å². The average Bonchev–Trinajstić information content (AvgIpc) is 2.71. The van der Waals surface area contributed by atoms with Crippen molar-refractivity contribution in [3.63, 3.8) is 0 Å². The molecule has 0 unspecified atom stereocenters. The lowest BCUT2D eigenvalue weighted by atomic mass is 9.97. The van der Waals surface area contributed by atoms with Gasteiger partial charge in [-0.25, -0.2) is 0 Å². The second kappa shape index (κ2) is 8.56. The fraction of sp³-hybridized carbons (Fsp3) is 0.320. The van der Waals surface area contributed by atoms with Crippen LogP contribution < -0.4 is 16.2 Å². The van der Waals surface area contributed by atoms with Crippen LogP contribution in [0.4, 0.5) is 11.4 Å². The first-order valence-electron chi connectivity index (χ1n) is 10.3. The number of hydrogen-bond donors (Lipinski definition) is 1. The third-order valence-corrected chi connectivity index (χ3v) is 5.45. The first kappa shape index (κ1) is 20.7. The molecule has 2 N–H and O–H groups in total. The van der Waals surface area contributed by atoms with Crippen LogP contribution in [0, 0.1) is 0 Å². The number of allylic oxidation sites excluding steroid dienone is 1. The van der Waals surface area contributed by atoms with Crippen molar-refractivity contribution in [2.45, 2.75) is 46.6 Å². The third kappa shape index (κ3) is 3.93. The maximum Gasteiger partial charge on any atom is 0.251 e. The lowest BCUT2D eigenvalue weighted by Crippen LogP contribution is -2.21. The van der Waals surface area contributed by atoms with Crippen LogP contribution in [0.3, 0.4) is 0 Å². The predicted molar refractivity (Wildman–Crippen MR) is 125 cm³/mol. The maximum absolute atomic E-state index is 12.6. The Kier molecular flexibility index (Phi) is 6.12. The van der Waals surface area contributed by atoms with E-state index in [4.69, 9.17) is 5.73 Å². The number of aryl methyl sites for hydroxylation is 1. The van der Waals surface area contributed by atoms with Gasteiger partial charge < -0.3 is 15.2 Å². The Hall–Kier alpha value is -3.01. The molecule has 0 aliphatic carbocycles. The second-order valence-corrected chi connectivity index (χ2v) is 7.68. The molecule has 1 aromatic heterocycles. The number of nitrogens with zero attached hydrogens (tertiary/aromatic N) is 2. The Labute approximate surface area is 173 Å². The predicted octanol–water partition coefficient (Wildman–Crippen LogP) is 5.61. The monoisotopic (exact) mass is 389 g/mol. The summed E-state index contributed by atoms with van der Waals surface area (Å²) >= 11 is 0. The molecule has 0 aliphatic rings. The molecule has 0 amide bonds. The first-order valence-corrected chi connectivity index (χ1v) is 10.3. The number of nitrogens with two attached hydrogens (primary N) is 1. The first-order chi connectivity index (χ1) is 13.9. The van der Waals surface area contributed by atoms with Gasteiger partial charge in [0.25, 0.3) is 5.56 Å². The Morgan fingerprint density at radius 2 is 1.86 bits per heavy atom. The van der Waals surface area contributed by atoms with Crippen molar-refractivity contribution < 1.29 is 0 Å². The number of benzene rings is 2. The Balaban J connectivity index is 2.20. The van der Waals surface area contributed by atoms with Crippen molar-refractivity contribution in [3.05, 3.63) is 76.1 Å². The van der Waals surface area contributed by atoms with Crippen LogP contribution in [0.2, 0.25) is 0 Å². The average molecular weight is 390 g/mol. The molecule has 0 bridgehead atoms. The van der Waals surface area contributed by atoms with Gasteiger partial charge in [-0.3, -0.25) is 4.79 Å². The van der Waals surface area contributed by atoms with E-state index in [0.717, 1.165) is 45.5 Å². The van der Waals surface area contributed by atoms with Gasteiger partial charge in [0.1, 0.15) is 0 Å². The summed E-state index contributed by atoms with van der Waals surface area (Å²) in [5.41, 5.74) is 12.4. The number of fused-ring (bicyclic) bond motifs is 1. The quantitative estimate of drug-likeness (QED) is 0.557. The van der Waals surface area contributed by atoms with Gasteiger partial charge in [-0.1, -0.05) is 45.0 Å². The smallest absolute Gasteiger partial charge is 0.251 e. The van der Waals surface area contributed by atoms with Gasteiger partial charge in [0.2, 0.25) is 0 Å². The van der Waals surface area contributed by atoms with Gasteiger partial charge in [-0.2, -0.15) is 0 Å². The second-order valence-electron chi connectivity index (χ2n) is 7.68. The van der Waals surface area contributed by atoms with Crippen molar-refractivity contribution >= 4 is 28.0 Å². The van der Waals surface area contributed by atoms with Crippen molar-refractivity contribution in [2.75, 3.05) is 17.7 Å². The minimum absolute atomic E-state index is 0.0634.